The van der Waals surface area contributed by atoms with Crippen molar-refractivity contribution in [2.75, 3.05) is 31.6 Å². The number of piperidine rings is 1. The number of aromatic amines is 1. The van der Waals surface area contributed by atoms with Crippen molar-refractivity contribution < 1.29 is 4.74 Å². The Morgan fingerprint density at radius 1 is 1.14 bits per heavy atom. The second kappa shape index (κ2) is 9.71. The third-order valence-corrected chi connectivity index (χ3v) is 5.74. The van der Waals surface area contributed by atoms with Crippen LogP contribution in [0.25, 0.3) is 10.7 Å². The molecule has 3 heterocycles. The Morgan fingerprint density at radius 3 is 2.93 bits per heavy atom. The molecule has 148 valence electrons. The van der Waals surface area contributed by atoms with Crippen LogP contribution < -0.4 is 10.1 Å². The number of nitrogens with zero attached hydrogens (tertiary/aromatic N) is 3. The molecule has 0 unspecified atom stereocenters. The first-order valence-electron chi connectivity index (χ1n) is 10.0. The fourth-order valence-corrected chi connectivity index (χ4v) is 4.10. The summed E-state index contributed by atoms with van der Waals surface area (Å²) in [5, 5.41) is 12.4. The summed E-state index contributed by atoms with van der Waals surface area (Å²) in [7, 11) is 0. The van der Waals surface area contributed by atoms with Gasteiger partial charge in [-0.3, -0.25) is 10.00 Å². The van der Waals surface area contributed by atoms with Crippen LogP contribution >= 0.6 is 11.3 Å². The number of ether oxygens (including phenoxy) is 1. The highest BCUT2D eigenvalue weighted by molar-refractivity contribution is 7.13. The van der Waals surface area contributed by atoms with Crippen LogP contribution in [0.2, 0.25) is 0 Å². The summed E-state index contributed by atoms with van der Waals surface area (Å²) in [5.74, 6) is 2.39. The van der Waals surface area contributed by atoms with Crippen molar-refractivity contribution in [2.45, 2.75) is 32.2 Å². The van der Waals surface area contributed by atoms with Gasteiger partial charge in [-0.2, -0.15) is 4.98 Å². The van der Waals surface area contributed by atoms with Crippen LogP contribution in [0.15, 0.2) is 41.8 Å². The first kappa shape index (κ1) is 19.0. The molecule has 7 heteroatoms. The van der Waals surface area contributed by atoms with Gasteiger partial charge in [-0.05, 0) is 61.5 Å². The standard InChI is InChI=1S/C21H27N5OS/c1-2-11-26(12-3-1)16-17-7-4-8-18(15-17)27-13-6-10-22-21-23-20(24-25-21)19-9-5-14-28-19/h4-5,7-9,14-15H,1-3,6,10-13,16H2,(H2,22,23,24,25). The van der Waals surface area contributed by atoms with Crippen LogP contribution in [-0.2, 0) is 6.54 Å². The third kappa shape index (κ3) is 5.33. The van der Waals surface area contributed by atoms with Crippen LogP contribution in [0, 0.1) is 0 Å². The Morgan fingerprint density at radius 2 is 2.07 bits per heavy atom. The molecule has 6 nitrogen and oxygen atoms in total. The van der Waals surface area contributed by atoms with E-state index < -0.39 is 0 Å². The molecular weight excluding hydrogens is 370 g/mol. The molecule has 1 aliphatic rings. The molecule has 1 aromatic carbocycles. The fourth-order valence-electron chi connectivity index (χ4n) is 3.44. The van der Waals surface area contributed by atoms with Crippen molar-refractivity contribution >= 4 is 17.3 Å². The van der Waals surface area contributed by atoms with Gasteiger partial charge in [0.2, 0.25) is 5.95 Å². The van der Waals surface area contributed by atoms with Gasteiger partial charge < -0.3 is 10.1 Å². The molecule has 0 amide bonds. The summed E-state index contributed by atoms with van der Waals surface area (Å²) in [5.41, 5.74) is 1.33. The van der Waals surface area contributed by atoms with E-state index in [0.717, 1.165) is 36.0 Å². The highest BCUT2D eigenvalue weighted by Gasteiger charge is 2.10. The van der Waals surface area contributed by atoms with E-state index in [1.54, 1.807) is 11.3 Å². The lowest BCUT2D eigenvalue weighted by Crippen LogP contribution is -2.29. The third-order valence-electron chi connectivity index (χ3n) is 4.87. The predicted octanol–water partition coefficient (Wildman–Crippen LogP) is 4.40. The number of thiophene rings is 1. The maximum Gasteiger partial charge on any atom is 0.242 e. The number of benzene rings is 1. The number of hydrogen-bond donors (Lipinski definition) is 2. The van der Waals surface area contributed by atoms with Crippen molar-refractivity contribution in [3.05, 3.63) is 47.3 Å². The van der Waals surface area contributed by atoms with Crippen molar-refractivity contribution in [3.8, 4) is 16.5 Å². The van der Waals surface area contributed by atoms with Crippen LogP contribution in [-0.4, -0.2) is 46.3 Å². The van der Waals surface area contributed by atoms with E-state index in [9.17, 15) is 0 Å². The van der Waals surface area contributed by atoms with Crippen LogP contribution in [0.4, 0.5) is 5.95 Å². The van der Waals surface area contributed by atoms with Crippen LogP contribution in [0.3, 0.4) is 0 Å². The van der Waals surface area contributed by atoms with Gasteiger partial charge in [0.25, 0.3) is 0 Å². The van der Waals surface area contributed by atoms with E-state index in [-0.39, 0.29) is 0 Å². The molecule has 1 saturated heterocycles. The van der Waals surface area contributed by atoms with Crippen molar-refractivity contribution in [2.24, 2.45) is 0 Å². The van der Waals surface area contributed by atoms with Gasteiger partial charge in [0, 0.05) is 13.1 Å². The van der Waals surface area contributed by atoms with E-state index >= 15 is 0 Å². The zero-order chi connectivity index (χ0) is 19.0. The molecule has 0 spiro atoms. The predicted molar refractivity (Wildman–Crippen MR) is 114 cm³/mol. The average molecular weight is 398 g/mol. The number of H-pyrrole nitrogens is 1. The van der Waals surface area contributed by atoms with E-state index in [2.05, 4.69) is 43.6 Å². The molecule has 0 radical (unpaired) electrons. The smallest absolute Gasteiger partial charge is 0.242 e. The lowest BCUT2D eigenvalue weighted by atomic mass is 10.1. The number of rotatable bonds is 9. The molecule has 0 saturated carbocycles. The van der Waals surface area contributed by atoms with Crippen LogP contribution in [0.5, 0.6) is 5.75 Å². The van der Waals surface area contributed by atoms with Gasteiger partial charge >= 0.3 is 0 Å². The molecule has 4 rings (SSSR count). The zero-order valence-corrected chi connectivity index (χ0v) is 16.9. The van der Waals surface area contributed by atoms with Gasteiger partial charge in [-0.25, -0.2) is 0 Å². The van der Waals surface area contributed by atoms with Crippen molar-refractivity contribution in [1.29, 1.82) is 0 Å². The van der Waals surface area contributed by atoms with Gasteiger partial charge in [-0.15, -0.1) is 16.4 Å². The molecule has 0 aliphatic carbocycles. The minimum atomic E-state index is 0.631. The van der Waals surface area contributed by atoms with E-state index in [1.807, 2.05) is 23.6 Å². The fraction of sp³-hybridized carbons (Fsp3) is 0.429. The Bertz CT molecular complexity index is 842. The number of anilines is 1. The maximum absolute atomic E-state index is 5.93. The summed E-state index contributed by atoms with van der Waals surface area (Å²) in [4.78, 5) is 8.09. The molecule has 2 aromatic heterocycles. The van der Waals surface area contributed by atoms with Gasteiger partial charge in [0.05, 0.1) is 11.5 Å². The summed E-state index contributed by atoms with van der Waals surface area (Å²) >= 11 is 1.65. The van der Waals surface area contributed by atoms with Crippen molar-refractivity contribution in [3.63, 3.8) is 0 Å². The quantitative estimate of drug-likeness (QED) is 0.524. The largest absolute Gasteiger partial charge is 0.494 e. The number of nitrogens with one attached hydrogen (secondary N) is 2. The average Bonchev–Trinajstić information content (AvgIpc) is 3.41. The van der Waals surface area contributed by atoms with Gasteiger partial charge in [-0.1, -0.05) is 24.6 Å². The highest BCUT2D eigenvalue weighted by atomic mass is 32.1. The summed E-state index contributed by atoms with van der Waals surface area (Å²) in [6.45, 7) is 4.89. The minimum Gasteiger partial charge on any atom is -0.494 e. The van der Waals surface area contributed by atoms with Crippen molar-refractivity contribution in [1.82, 2.24) is 20.1 Å². The Kier molecular flexibility index (Phi) is 6.57. The summed E-state index contributed by atoms with van der Waals surface area (Å²) in [6, 6.07) is 12.5. The second-order valence-corrected chi connectivity index (χ2v) is 8.05. The monoisotopic (exact) mass is 397 g/mol. The Balaban J connectivity index is 1.18. The number of likely N-dealkylation sites (tertiary alicyclic amines) is 1. The molecule has 1 fully saturated rings. The maximum atomic E-state index is 5.93. The first-order chi connectivity index (χ1) is 13.9. The van der Waals surface area contributed by atoms with E-state index in [0.29, 0.717) is 12.6 Å². The summed E-state index contributed by atoms with van der Waals surface area (Å²) in [6.07, 6.45) is 4.90. The molecule has 3 aromatic rings. The SMILES string of the molecule is c1cc(CN2CCCCC2)cc(OCCCNc2n[nH]c(-c3cccs3)n2)c1. The minimum absolute atomic E-state index is 0.631. The van der Waals surface area contributed by atoms with Gasteiger partial charge in [0.15, 0.2) is 5.82 Å². The number of aromatic nitrogens is 3. The van der Waals surface area contributed by atoms with Gasteiger partial charge in [0.1, 0.15) is 5.75 Å². The molecule has 28 heavy (non-hydrogen) atoms. The lowest BCUT2D eigenvalue weighted by molar-refractivity contribution is 0.220. The Labute approximate surface area is 170 Å². The Hall–Kier alpha value is -2.38. The first-order valence-corrected chi connectivity index (χ1v) is 10.9. The zero-order valence-electron chi connectivity index (χ0n) is 16.1. The second-order valence-electron chi connectivity index (χ2n) is 7.10. The lowest BCUT2D eigenvalue weighted by Gasteiger charge is -2.26. The number of hydrogen-bond acceptors (Lipinski definition) is 6. The topological polar surface area (TPSA) is 66.1 Å². The van der Waals surface area contributed by atoms with E-state index in [1.165, 1.54) is 37.9 Å². The normalized spacial score (nSPS) is 14.9. The highest BCUT2D eigenvalue weighted by Crippen LogP contribution is 2.21. The molecule has 1 aliphatic heterocycles. The molecule has 0 atom stereocenters. The molecule has 2 N–H and O–H groups in total. The van der Waals surface area contributed by atoms with E-state index in [4.69, 9.17) is 4.74 Å². The molecular formula is C21H27N5OS. The summed E-state index contributed by atoms with van der Waals surface area (Å²) < 4.78 is 5.93. The molecule has 0 bridgehead atoms. The van der Waals surface area contributed by atoms with Crippen LogP contribution in [0.1, 0.15) is 31.2 Å².